The minimum Gasteiger partial charge on any atom is -0.616 e. The number of carbonyl (C=O) groups excluding carboxylic acids is 1. The highest BCUT2D eigenvalue weighted by Crippen LogP contribution is 2.52. The van der Waals surface area contributed by atoms with Crippen LogP contribution in [-0.2, 0) is 11.2 Å². The number of amides is 1. The first-order valence-electron chi connectivity index (χ1n) is 10.4. The van der Waals surface area contributed by atoms with Crippen molar-refractivity contribution in [3.8, 4) is 0 Å². The van der Waals surface area contributed by atoms with Gasteiger partial charge in [0.15, 0.2) is 0 Å². The van der Waals surface area contributed by atoms with Crippen molar-refractivity contribution in [2.75, 3.05) is 29.9 Å². The number of nitrogens with one attached hydrogen (secondary N) is 1. The highest BCUT2D eigenvalue weighted by Gasteiger charge is 2.39. The molecule has 30 heavy (non-hydrogen) atoms. The third-order valence-corrected chi connectivity index (χ3v) is 8.02. The summed E-state index contributed by atoms with van der Waals surface area (Å²) < 4.78 is 25.5. The molecule has 3 aliphatic carbocycles. The van der Waals surface area contributed by atoms with Gasteiger partial charge in [0, 0.05) is 22.5 Å². The van der Waals surface area contributed by atoms with Crippen LogP contribution in [0.15, 0.2) is 24.4 Å². The molecule has 1 amide bonds. The molecule has 0 spiro atoms. The molecular weight excluding hydrogens is 425 g/mol. The van der Waals surface area contributed by atoms with E-state index in [0.29, 0.717) is 58.5 Å². The molecule has 2 heterocycles. The maximum absolute atomic E-state index is 13.8. The quantitative estimate of drug-likeness (QED) is 0.699. The zero-order valence-corrected chi connectivity index (χ0v) is 18.1. The third-order valence-electron chi connectivity index (χ3n) is 6.52. The molecule has 1 aromatic heterocycles. The van der Waals surface area contributed by atoms with Gasteiger partial charge in [-0.1, -0.05) is 22.8 Å². The molecule has 0 unspecified atom stereocenters. The lowest BCUT2D eigenvalue weighted by Gasteiger charge is -2.40. The average molecular weight is 448 g/mol. The summed E-state index contributed by atoms with van der Waals surface area (Å²) in [6.07, 6.45) is 5.99. The Kier molecular flexibility index (Phi) is 5.37. The Bertz CT molecular complexity index is 968. The van der Waals surface area contributed by atoms with Gasteiger partial charge in [0.2, 0.25) is 0 Å². The maximum atomic E-state index is 13.8. The molecule has 0 radical (unpaired) electrons. The zero-order valence-electron chi connectivity index (χ0n) is 16.5. The Labute approximate surface area is 183 Å². The summed E-state index contributed by atoms with van der Waals surface area (Å²) in [6, 6.07) is 4.34. The minimum atomic E-state index is -0.829. The fraction of sp³-hybridized carbons (Fsp3) is 0.455. The van der Waals surface area contributed by atoms with E-state index in [-0.39, 0.29) is 5.91 Å². The van der Waals surface area contributed by atoms with Gasteiger partial charge in [0.05, 0.1) is 18.7 Å². The van der Waals surface area contributed by atoms with Gasteiger partial charge in [-0.25, -0.2) is 9.37 Å². The molecule has 1 aliphatic heterocycles. The first kappa shape index (κ1) is 20.1. The molecule has 1 saturated heterocycles. The second kappa shape index (κ2) is 8.02. The molecule has 6 rings (SSSR count). The molecule has 0 atom stereocenters. The van der Waals surface area contributed by atoms with E-state index in [1.807, 2.05) is 0 Å². The van der Waals surface area contributed by atoms with Crippen LogP contribution in [0.4, 0.5) is 15.9 Å². The molecule has 1 N–H and O–H groups in total. The van der Waals surface area contributed by atoms with Crippen molar-refractivity contribution in [2.24, 2.45) is 0 Å². The van der Waals surface area contributed by atoms with Gasteiger partial charge in [0.25, 0.3) is 5.91 Å². The van der Waals surface area contributed by atoms with Crippen LogP contribution >= 0.6 is 11.6 Å². The number of rotatable bonds is 3. The molecule has 8 heteroatoms. The second-order valence-electron chi connectivity index (χ2n) is 8.32. The van der Waals surface area contributed by atoms with E-state index in [9.17, 15) is 13.7 Å². The van der Waals surface area contributed by atoms with Crippen molar-refractivity contribution >= 4 is 40.2 Å². The zero-order chi connectivity index (χ0) is 20.8. The highest BCUT2D eigenvalue weighted by molar-refractivity contribution is 7.91. The number of nitrogens with zero attached hydrogens (tertiary/aromatic N) is 2. The lowest BCUT2D eigenvalue weighted by molar-refractivity contribution is 0.0766. The van der Waals surface area contributed by atoms with E-state index in [0.717, 1.165) is 36.8 Å². The van der Waals surface area contributed by atoms with Gasteiger partial charge in [-0.2, -0.15) is 0 Å². The predicted molar refractivity (Wildman–Crippen MR) is 117 cm³/mol. The summed E-state index contributed by atoms with van der Waals surface area (Å²) in [5, 5.41) is 3.57. The van der Waals surface area contributed by atoms with Crippen LogP contribution in [0, 0.1) is 5.82 Å². The van der Waals surface area contributed by atoms with Crippen LogP contribution in [0.25, 0.3) is 0 Å². The predicted octanol–water partition coefficient (Wildman–Crippen LogP) is 4.58. The number of anilines is 2. The Morgan fingerprint density at radius 3 is 2.47 bits per heavy atom. The molecule has 1 saturated carbocycles. The first-order chi connectivity index (χ1) is 14.5. The minimum absolute atomic E-state index is 0.0108. The van der Waals surface area contributed by atoms with Gasteiger partial charge in [-0.3, -0.25) is 4.79 Å². The lowest BCUT2D eigenvalue weighted by Crippen LogP contribution is -2.44. The Morgan fingerprint density at radius 2 is 1.80 bits per heavy atom. The number of carbonyl (C=O) groups is 1. The standard InChI is InChI=1S/C22H23ClFN3O2S/c23-15-9-16(24)11-17(10-15)26-21-20-14-3-1-13(2-4-14)19(20)18(12-25-21)22(28)27-5-7-30(29)8-6-27/h9-14H,1-8H2,(H,25,26). The number of benzene rings is 1. The van der Waals surface area contributed by atoms with Gasteiger partial charge in [-0.05, 0) is 61.3 Å². The fourth-order valence-corrected chi connectivity index (χ4v) is 6.38. The van der Waals surface area contributed by atoms with E-state index in [1.54, 1.807) is 17.2 Å². The number of pyridine rings is 1. The molecular formula is C22H23ClFN3O2S. The first-order valence-corrected chi connectivity index (χ1v) is 12.3. The monoisotopic (exact) mass is 447 g/mol. The molecule has 1 aromatic carbocycles. The van der Waals surface area contributed by atoms with E-state index < -0.39 is 17.0 Å². The maximum Gasteiger partial charge on any atom is 0.256 e. The summed E-state index contributed by atoms with van der Waals surface area (Å²) in [7, 11) is 0. The van der Waals surface area contributed by atoms with Gasteiger partial charge < -0.3 is 14.8 Å². The van der Waals surface area contributed by atoms with Crippen molar-refractivity contribution in [1.29, 1.82) is 0 Å². The summed E-state index contributed by atoms with van der Waals surface area (Å²) in [4.78, 5) is 19.7. The number of fused-ring (bicyclic) bond motifs is 2. The summed E-state index contributed by atoms with van der Waals surface area (Å²) in [5.74, 6) is 2.05. The smallest absolute Gasteiger partial charge is 0.256 e. The Morgan fingerprint density at radius 1 is 1.13 bits per heavy atom. The van der Waals surface area contributed by atoms with Crippen LogP contribution in [0.2, 0.25) is 5.02 Å². The van der Waals surface area contributed by atoms with Crippen LogP contribution in [0.1, 0.15) is 59.0 Å². The van der Waals surface area contributed by atoms with E-state index in [2.05, 4.69) is 10.3 Å². The van der Waals surface area contributed by atoms with Gasteiger partial charge in [0.1, 0.15) is 23.1 Å². The van der Waals surface area contributed by atoms with Crippen LogP contribution in [0.5, 0.6) is 0 Å². The van der Waals surface area contributed by atoms with Crippen molar-refractivity contribution in [3.05, 3.63) is 51.9 Å². The normalized spacial score (nSPS) is 23.4. The van der Waals surface area contributed by atoms with Crippen molar-refractivity contribution in [3.63, 3.8) is 0 Å². The molecule has 158 valence electrons. The third kappa shape index (κ3) is 3.67. The summed E-state index contributed by atoms with van der Waals surface area (Å²) in [5.41, 5.74) is 3.43. The van der Waals surface area contributed by atoms with Crippen LogP contribution < -0.4 is 5.32 Å². The second-order valence-corrected chi connectivity index (χ2v) is 10.5. The molecule has 2 bridgehead atoms. The molecule has 2 aromatic rings. The fourth-order valence-electron chi connectivity index (χ4n) is 5.11. The van der Waals surface area contributed by atoms with Gasteiger partial charge in [-0.15, -0.1) is 0 Å². The topological polar surface area (TPSA) is 68.3 Å². The number of aromatic nitrogens is 1. The van der Waals surface area contributed by atoms with Crippen LogP contribution in [0.3, 0.4) is 0 Å². The van der Waals surface area contributed by atoms with Crippen molar-refractivity contribution in [1.82, 2.24) is 9.88 Å². The Hall–Kier alpha value is -1.83. The Balaban J connectivity index is 1.53. The van der Waals surface area contributed by atoms with Crippen molar-refractivity contribution < 1.29 is 13.7 Å². The molecule has 4 aliphatic rings. The SMILES string of the molecule is O=C(c1cnc(Nc2cc(F)cc(Cl)c2)c2c1C1CCC2CC1)N1CC[S+]([O-])CC1. The molecule has 5 nitrogen and oxygen atoms in total. The summed E-state index contributed by atoms with van der Waals surface area (Å²) >= 11 is 5.18. The number of halogens is 2. The average Bonchev–Trinajstić information content (AvgIpc) is 2.74. The van der Waals surface area contributed by atoms with E-state index in [1.165, 1.54) is 12.1 Å². The van der Waals surface area contributed by atoms with E-state index >= 15 is 0 Å². The number of hydrogen-bond donors (Lipinski definition) is 1. The summed E-state index contributed by atoms with van der Waals surface area (Å²) in [6.45, 7) is 1.05. The van der Waals surface area contributed by atoms with E-state index in [4.69, 9.17) is 11.6 Å². The van der Waals surface area contributed by atoms with Crippen LogP contribution in [-0.4, -0.2) is 44.9 Å². The largest absolute Gasteiger partial charge is 0.616 e. The highest BCUT2D eigenvalue weighted by atomic mass is 35.5. The number of hydrogen-bond acceptors (Lipinski definition) is 4. The lowest BCUT2D eigenvalue weighted by atomic mass is 9.66. The van der Waals surface area contributed by atoms with Crippen molar-refractivity contribution in [2.45, 2.75) is 37.5 Å². The molecule has 2 fully saturated rings. The van der Waals surface area contributed by atoms with Gasteiger partial charge >= 0.3 is 0 Å².